The molecule has 128 valence electrons. The summed E-state index contributed by atoms with van der Waals surface area (Å²) in [7, 11) is 2.89. The fourth-order valence-electron chi connectivity index (χ4n) is 2.46. The summed E-state index contributed by atoms with van der Waals surface area (Å²) in [6.45, 7) is 0. The van der Waals surface area contributed by atoms with Crippen molar-refractivity contribution in [1.82, 2.24) is 0 Å². The van der Waals surface area contributed by atoms with Crippen molar-refractivity contribution in [2.75, 3.05) is 14.2 Å². The van der Waals surface area contributed by atoms with Crippen LogP contribution in [-0.2, 0) is 0 Å². The van der Waals surface area contributed by atoms with E-state index in [1.807, 2.05) is 24.3 Å². The Morgan fingerprint density at radius 3 is 2.20 bits per heavy atom. The summed E-state index contributed by atoms with van der Waals surface area (Å²) in [4.78, 5) is 12.5. The maximum atomic E-state index is 12.5. The summed E-state index contributed by atoms with van der Waals surface area (Å²) in [6, 6.07) is 13.4. The number of rotatable bonds is 4. The van der Waals surface area contributed by atoms with Gasteiger partial charge in [0.2, 0.25) is 0 Å². The molecular formula is C19H15ClO5. The Hall–Kier alpha value is -2.92. The third-order valence-corrected chi connectivity index (χ3v) is 4.02. The number of hydrogen-bond donors (Lipinski definition) is 1. The lowest BCUT2D eigenvalue weighted by atomic mass is 10.1. The van der Waals surface area contributed by atoms with Crippen molar-refractivity contribution >= 4 is 28.3 Å². The van der Waals surface area contributed by atoms with Gasteiger partial charge in [0, 0.05) is 12.1 Å². The van der Waals surface area contributed by atoms with Crippen molar-refractivity contribution in [3.8, 4) is 23.0 Å². The van der Waals surface area contributed by atoms with Crippen LogP contribution in [0.15, 0.2) is 48.5 Å². The summed E-state index contributed by atoms with van der Waals surface area (Å²) in [5.41, 5.74) is 0.0506. The van der Waals surface area contributed by atoms with Crippen molar-refractivity contribution in [3.63, 3.8) is 0 Å². The average Bonchev–Trinajstić information content (AvgIpc) is 2.62. The highest BCUT2D eigenvalue weighted by Crippen LogP contribution is 2.38. The minimum atomic E-state index is -0.717. The Bertz CT molecular complexity index is 952. The number of esters is 1. The molecule has 25 heavy (non-hydrogen) atoms. The van der Waals surface area contributed by atoms with Crippen LogP contribution < -0.4 is 14.2 Å². The van der Waals surface area contributed by atoms with E-state index >= 15 is 0 Å². The fourth-order valence-corrected chi connectivity index (χ4v) is 2.69. The van der Waals surface area contributed by atoms with E-state index < -0.39 is 5.97 Å². The average molecular weight is 359 g/mol. The lowest BCUT2D eigenvalue weighted by Crippen LogP contribution is -2.10. The molecule has 0 aliphatic rings. The Morgan fingerprint density at radius 2 is 1.56 bits per heavy atom. The van der Waals surface area contributed by atoms with Gasteiger partial charge in [-0.25, -0.2) is 4.79 Å². The lowest BCUT2D eigenvalue weighted by molar-refractivity contribution is 0.0726. The van der Waals surface area contributed by atoms with E-state index in [0.29, 0.717) is 10.8 Å². The van der Waals surface area contributed by atoms with E-state index in [-0.39, 0.29) is 22.8 Å². The molecule has 6 heteroatoms. The van der Waals surface area contributed by atoms with Gasteiger partial charge in [0.05, 0.1) is 19.2 Å². The molecule has 0 fully saturated rings. The molecule has 0 heterocycles. The van der Waals surface area contributed by atoms with E-state index in [9.17, 15) is 9.90 Å². The number of phenolic OH excluding ortho intramolecular Hbond substituents is 1. The molecule has 3 aromatic carbocycles. The van der Waals surface area contributed by atoms with E-state index in [0.717, 1.165) is 10.8 Å². The molecule has 0 amide bonds. The molecule has 3 rings (SSSR count). The standard InChI is InChI=1S/C19H15ClO5/c1-23-16-10-18(17(24-2)9-14(16)20)25-19(22)13-7-11-5-3-4-6-12(11)8-15(13)21/h3-10,21H,1-2H3. The molecule has 0 saturated carbocycles. The van der Waals surface area contributed by atoms with Gasteiger partial charge in [0.1, 0.15) is 17.1 Å². The summed E-state index contributed by atoms with van der Waals surface area (Å²) < 4.78 is 15.7. The first-order valence-electron chi connectivity index (χ1n) is 7.39. The highest BCUT2D eigenvalue weighted by molar-refractivity contribution is 6.32. The van der Waals surface area contributed by atoms with Crippen molar-refractivity contribution in [2.24, 2.45) is 0 Å². The number of phenols is 1. The topological polar surface area (TPSA) is 65.0 Å². The van der Waals surface area contributed by atoms with Gasteiger partial charge in [-0.15, -0.1) is 0 Å². The predicted octanol–water partition coefficient (Wildman–Crippen LogP) is 4.44. The van der Waals surface area contributed by atoms with Gasteiger partial charge < -0.3 is 19.3 Å². The van der Waals surface area contributed by atoms with Crippen LogP contribution in [-0.4, -0.2) is 25.3 Å². The zero-order valence-electron chi connectivity index (χ0n) is 13.6. The van der Waals surface area contributed by atoms with Crippen LogP contribution in [0.25, 0.3) is 10.8 Å². The first-order valence-corrected chi connectivity index (χ1v) is 7.76. The number of fused-ring (bicyclic) bond motifs is 1. The molecule has 0 bridgehead atoms. The second kappa shape index (κ2) is 6.91. The van der Waals surface area contributed by atoms with Gasteiger partial charge in [-0.05, 0) is 22.9 Å². The van der Waals surface area contributed by atoms with E-state index in [2.05, 4.69) is 0 Å². The molecule has 0 spiro atoms. The maximum absolute atomic E-state index is 12.5. The molecule has 5 nitrogen and oxygen atoms in total. The SMILES string of the molecule is COc1cc(OC(=O)c2cc3ccccc3cc2O)c(OC)cc1Cl. The van der Waals surface area contributed by atoms with E-state index in [4.69, 9.17) is 25.8 Å². The van der Waals surface area contributed by atoms with Crippen LogP contribution in [0, 0.1) is 0 Å². The van der Waals surface area contributed by atoms with Crippen LogP contribution >= 0.6 is 11.6 Å². The van der Waals surface area contributed by atoms with Gasteiger partial charge in [0.25, 0.3) is 0 Å². The Kier molecular flexibility index (Phi) is 4.67. The third kappa shape index (κ3) is 3.32. The number of ether oxygens (including phenoxy) is 3. The maximum Gasteiger partial charge on any atom is 0.347 e. The Labute approximate surface area is 149 Å². The highest BCUT2D eigenvalue weighted by atomic mass is 35.5. The number of methoxy groups -OCH3 is 2. The van der Waals surface area contributed by atoms with Gasteiger partial charge in [-0.3, -0.25) is 0 Å². The Balaban J connectivity index is 1.99. The zero-order valence-corrected chi connectivity index (χ0v) is 14.3. The highest BCUT2D eigenvalue weighted by Gasteiger charge is 2.19. The van der Waals surface area contributed by atoms with Crippen molar-refractivity contribution in [3.05, 3.63) is 59.1 Å². The summed E-state index contributed by atoms with van der Waals surface area (Å²) in [5, 5.41) is 12.1. The number of carbonyl (C=O) groups is 1. The molecule has 1 N–H and O–H groups in total. The zero-order chi connectivity index (χ0) is 18.0. The van der Waals surface area contributed by atoms with E-state index in [1.165, 1.54) is 32.4 Å². The van der Waals surface area contributed by atoms with Gasteiger partial charge in [-0.2, -0.15) is 0 Å². The third-order valence-electron chi connectivity index (χ3n) is 3.72. The quantitative estimate of drug-likeness (QED) is 0.552. The largest absolute Gasteiger partial charge is 0.507 e. The minimum Gasteiger partial charge on any atom is -0.507 e. The fraction of sp³-hybridized carbons (Fsp3) is 0.105. The van der Waals surface area contributed by atoms with Crippen molar-refractivity contribution in [2.45, 2.75) is 0 Å². The normalized spacial score (nSPS) is 10.5. The molecule has 0 saturated heterocycles. The lowest BCUT2D eigenvalue weighted by Gasteiger charge is -2.13. The van der Waals surface area contributed by atoms with Crippen LogP contribution in [0.4, 0.5) is 0 Å². The monoisotopic (exact) mass is 358 g/mol. The number of hydrogen-bond acceptors (Lipinski definition) is 5. The molecule has 3 aromatic rings. The van der Waals surface area contributed by atoms with Gasteiger partial charge in [0.15, 0.2) is 11.5 Å². The number of aromatic hydroxyl groups is 1. The molecule has 0 aliphatic carbocycles. The molecule has 0 atom stereocenters. The first-order chi connectivity index (χ1) is 12.0. The molecule has 0 aromatic heterocycles. The summed E-state index contributed by atoms with van der Waals surface area (Å²) in [6.07, 6.45) is 0. The molecule has 0 aliphatic heterocycles. The van der Waals surface area contributed by atoms with Crippen LogP contribution in [0.3, 0.4) is 0 Å². The minimum absolute atomic E-state index is 0.0506. The summed E-state index contributed by atoms with van der Waals surface area (Å²) in [5.74, 6) is -0.122. The van der Waals surface area contributed by atoms with Crippen LogP contribution in [0.2, 0.25) is 5.02 Å². The van der Waals surface area contributed by atoms with Gasteiger partial charge in [-0.1, -0.05) is 35.9 Å². The van der Waals surface area contributed by atoms with E-state index in [1.54, 1.807) is 6.07 Å². The number of carbonyl (C=O) groups excluding carboxylic acids is 1. The van der Waals surface area contributed by atoms with Crippen LogP contribution in [0.5, 0.6) is 23.0 Å². The second-order valence-corrected chi connectivity index (χ2v) is 5.65. The molecular weight excluding hydrogens is 344 g/mol. The predicted molar refractivity (Wildman–Crippen MR) is 95.1 cm³/mol. The second-order valence-electron chi connectivity index (χ2n) is 5.24. The Morgan fingerprint density at radius 1 is 0.920 bits per heavy atom. The smallest absolute Gasteiger partial charge is 0.347 e. The first kappa shape index (κ1) is 16.9. The molecule has 0 unspecified atom stereocenters. The van der Waals surface area contributed by atoms with Crippen LogP contribution in [0.1, 0.15) is 10.4 Å². The van der Waals surface area contributed by atoms with Crippen molar-refractivity contribution < 1.29 is 24.1 Å². The summed E-state index contributed by atoms with van der Waals surface area (Å²) >= 11 is 6.04. The van der Waals surface area contributed by atoms with Gasteiger partial charge >= 0.3 is 5.97 Å². The number of benzene rings is 3. The molecule has 0 radical (unpaired) electrons. The van der Waals surface area contributed by atoms with Crippen molar-refractivity contribution in [1.29, 1.82) is 0 Å². The number of halogens is 1.